The first-order chi connectivity index (χ1) is 8.13. The lowest BCUT2D eigenvalue weighted by atomic mass is 10.2. The lowest BCUT2D eigenvalue weighted by molar-refractivity contribution is 1.01. The molecule has 0 aliphatic heterocycles. The van der Waals surface area contributed by atoms with E-state index in [0.717, 1.165) is 28.3 Å². The Morgan fingerprint density at radius 2 is 2.12 bits per heavy atom. The second-order valence-electron chi connectivity index (χ2n) is 3.99. The van der Waals surface area contributed by atoms with E-state index in [1.807, 2.05) is 19.2 Å². The third kappa shape index (κ3) is 2.36. The fourth-order valence-electron chi connectivity index (χ4n) is 1.82. The molecule has 1 N–H and O–H groups in total. The molecule has 0 aliphatic carbocycles. The number of benzene rings is 1. The minimum absolute atomic E-state index is 0.865. The second-order valence-corrected chi connectivity index (χ2v) is 4.84. The topological polar surface area (TPSA) is 29.9 Å². The average molecular weight is 294 g/mol. The van der Waals surface area contributed by atoms with Gasteiger partial charge in [0, 0.05) is 17.2 Å². The van der Waals surface area contributed by atoms with Gasteiger partial charge < -0.3 is 5.32 Å². The highest BCUT2D eigenvalue weighted by molar-refractivity contribution is 9.10. The zero-order valence-electron chi connectivity index (χ0n) is 10.3. The van der Waals surface area contributed by atoms with Crippen molar-refractivity contribution >= 4 is 21.9 Å². The van der Waals surface area contributed by atoms with Crippen LogP contribution in [0.5, 0.6) is 0 Å². The van der Waals surface area contributed by atoms with E-state index in [2.05, 4.69) is 56.8 Å². The Hall–Kier alpha value is -1.29. The normalized spacial score (nSPS) is 10.6. The van der Waals surface area contributed by atoms with Crippen molar-refractivity contribution in [2.75, 3.05) is 11.9 Å². The molecule has 4 heteroatoms. The van der Waals surface area contributed by atoms with Crippen LogP contribution in [-0.2, 0) is 0 Å². The van der Waals surface area contributed by atoms with Gasteiger partial charge in [0.2, 0.25) is 5.95 Å². The van der Waals surface area contributed by atoms with E-state index in [4.69, 9.17) is 0 Å². The van der Waals surface area contributed by atoms with Gasteiger partial charge in [-0.05, 0) is 38.5 Å². The number of nitrogens with zero attached hydrogens (tertiary/aromatic N) is 2. The van der Waals surface area contributed by atoms with E-state index < -0.39 is 0 Å². The average Bonchev–Trinajstić information content (AvgIpc) is 2.64. The van der Waals surface area contributed by atoms with Gasteiger partial charge >= 0.3 is 0 Å². The quantitative estimate of drug-likeness (QED) is 0.935. The van der Waals surface area contributed by atoms with Crippen molar-refractivity contribution in [3.8, 4) is 5.69 Å². The zero-order chi connectivity index (χ0) is 12.4. The number of aryl methyl sites for hydroxylation is 1. The number of hydrogen-bond donors (Lipinski definition) is 1. The summed E-state index contributed by atoms with van der Waals surface area (Å²) in [6, 6.07) is 6.19. The molecule has 0 aliphatic rings. The number of nitrogens with one attached hydrogen (secondary N) is 1. The van der Waals surface area contributed by atoms with Gasteiger partial charge in [-0.2, -0.15) is 0 Å². The van der Waals surface area contributed by atoms with Gasteiger partial charge in [0.15, 0.2) is 0 Å². The van der Waals surface area contributed by atoms with E-state index in [0.29, 0.717) is 0 Å². The largest absolute Gasteiger partial charge is 0.356 e. The first kappa shape index (κ1) is 12.2. The number of anilines is 1. The van der Waals surface area contributed by atoms with Crippen molar-refractivity contribution in [3.63, 3.8) is 0 Å². The fraction of sp³-hybridized carbons (Fsp3) is 0.308. The van der Waals surface area contributed by atoms with Crippen molar-refractivity contribution in [3.05, 3.63) is 40.1 Å². The molecule has 0 saturated carbocycles. The number of rotatable bonds is 3. The van der Waals surface area contributed by atoms with Crippen LogP contribution in [0.25, 0.3) is 5.69 Å². The Labute approximate surface area is 110 Å². The lowest BCUT2D eigenvalue weighted by Crippen LogP contribution is -2.06. The van der Waals surface area contributed by atoms with E-state index in [9.17, 15) is 0 Å². The summed E-state index contributed by atoms with van der Waals surface area (Å²) in [5, 5.41) is 3.28. The van der Waals surface area contributed by atoms with Crippen LogP contribution in [0.4, 0.5) is 5.95 Å². The predicted molar refractivity (Wildman–Crippen MR) is 74.9 cm³/mol. The maximum atomic E-state index is 4.48. The molecule has 0 bridgehead atoms. The van der Waals surface area contributed by atoms with Crippen LogP contribution in [0.1, 0.15) is 18.2 Å². The Balaban J connectivity index is 2.55. The van der Waals surface area contributed by atoms with Crippen molar-refractivity contribution in [1.29, 1.82) is 0 Å². The molecule has 17 heavy (non-hydrogen) atoms. The summed E-state index contributed by atoms with van der Waals surface area (Å²) in [5.74, 6) is 0.895. The molecule has 2 rings (SSSR count). The molecular formula is C13H16BrN3. The minimum atomic E-state index is 0.865. The molecule has 0 amide bonds. The van der Waals surface area contributed by atoms with Crippen molar-refractivity contribution < 1.29 is 0 Å². The first-order valence-electron chi connectivity index (χ1n) is 5.68. The van der Waals surface area contributed by atoms with Gasteiger partial charge in [-0.3, -0.25) is 4.57 Å². The Morgan fingerprint density at radius 3 is 2.82 bits per heavy atom. The summed E-state index contributed by atoms with van der Waals surface area (Å²) in [7, 11) is 0. The highest BCUT2D eigenvalue weighted by Gasteiger charge is 2.09. The summed E-state index contributed by atoms with van der Waals surface area (Å²) in [6.07, 6.45) is 2.05. The van der Waals surface area contributed by atoms with Crippen molar-refractivity contribution in [2.45, 2.75) is 20.8 Å². The standard InChI is InChI=1S/C13H16BrN3/c1-4-15-13-16-9(2)8-17(13)12-7-5-6-11(14)10(12)3/h5-8H,4H2,1-3H3,(H,15,16). The van der Waals surface area contributed by atoms with E-state index >= 15 is 0 Å². The third-order valence-electron chi connectivity index (χ3n) is 2.66. The van der Waals surface area contributed by atoms with Crippen LogP contribution in [0, 0.1) is 13.8 Å². The van der Waals surface area contributed by atoms with Crippen molar-refractivity contribution in [1.82, 2.24) is 9.55 Å². The molecule has 3 nitrogen and oxygen atoms in total. The van der Waals surface area contributed by atoms with Crippen LogP contribution < -0.4 is 5.32 Å². The molecule has 90 valence electrons. The molecule has 1 aromatic heterocycles. The summed E-state index contributed by atoms with van der Waals surface area (Å²) in [5.41, 5.74) is 3.38. The van der Waals surface area contributed by atoms with Crippen molar-refractivity contribution in [2.24, 2.45) is 0 Å². The summed E-state index contributed by atoms with van der Waals surface area (Å²) >= 11 is 3.56. The SMILES string of the molecule is CCNc1nc(C)cn1-c1cccc(Br)c1C. The van der Waals surface area contributed by atoms with E-state index in [1.54, 1.807) is 0 Å². The van der Waals surface area contributed by atoms with Gasteiger partial charge in [0.25, 0.3) is 0 Å². The third-order valence-corrected chi connectivity index (χ3v) is 3.52. The molecule has 0 radical (unpaired) electrons. The molecule has 0 saturated heterocycles. The second kappa shape index (κ2) is 4.92. The Bertz CT molecular complexity index is 531. The number of halogens is 1. The van der Waals surface area contributed by atoms with E-state index in [1.165, 1.54) is 5.56 Å². The predicted octanol–water partition coefficient (Wildman–Crippen LogP) is 3.68. The number of imidazole rings is 1. The summed E-state index contributed by atoms with van der Waals surface area (Å²) in [6.45, 7) is 7.04. The summed E-state index contributed by atoms with van der Waals surface area (Å²) in [4.78, 5) is 4.48. The van der Waals surface area contributed by atoms with Gasteiger partial charge in [-0.15, -0.1) is 0 Å². The first-order valence-corrected chi connectivity index (χ1v) is 6.48. The molecule has 0 unspecified atom stereocenters. The molecule has 0 fully saturated rings. The highest BCUT2D eigenvalue weighted by Crippen LogP contribution is 2.25. The van der Waals surface area contributed by atoms with Crippen LogP contribution >= 0.6 is 15.9 Å². The van der Waals surface area contributed by atoms with Crippen LogP contribution in [-0.4, -0.2) is 16.1 Å². The highest BCUT2D eigenvalue weighted by atomic mass is 79.9. The Morgan fingerprint density at radius 1 is 1.35 bits per heavy atom. The number of aromatic nitrogens is 2. The van der Waals surface area contributed by atoms with Gasteiger partial charge in [0.05, 0.1) is 11.4 Å². The minimum Gasteiger partial charge on any atom is -0.356 e. The fourth-order valence-corrected chi connectivity index (χ4v) is 2.18. The monoisotopic (exact) mass is 293 g/mol. The van der Waals surface area contributed by atoms with Crippen LogP contribution in [0.3, 0.4) is 0 Å². The lowest BCUT2D eigenvalue weighted by Gasteiger charge is -2.12. The molecular weight excluding hydrogens is 278 g/mol. The van der Waals surface area contributed by atoms with Gasteiger partial charge in [-0.25, -0.2) is 4.98 Å². The van der Waals surface area contributed by atoms with Gasteiger partial charge in [0.1, 0.15) is 0 Å². The molecule has 0 atom stereocenters. The van der Waals surface area contributed by atoms with Crippen LogP contribution in [0.15, 0.2) is 28.9 Å². The maximum absolute atomic E-state index is 4.48. The molecule has 2 aromatic rings. The molecule has 0 spiro atoms. The number of hydrogen-bond acceptors (Lipinski definition) is 2. The summed E-state index contributed by atoms with van der Waals surface area (Å²) < 4.78 is 3.21. The maximum Gasteiger partial charge on any atom is 0.207 e. The van der Waals surface area contributed by atoms with Crippen LogP contribution in [0.2, 0.25) is 0 Å². The Kier molecular flexibility index (Phi) is 3.52. The molecule has 1 heterocycles. The molecule has 1 aromatic carbocycles. The zero-order valence-corrected chi connectivity index (χ0v) is 11.9. The van der Waals surface area contributed by atoms with Gasteiger partial charge in [-0.1, -0.05) is 22.0 Å². The smallest absolute Gasteiger partial charge is 0.207 e. The van der Waals surface area contributed by atoms with E-state index in [-0.39, 0.29) is 0 Å².